The Bertz CT molecular complexity index is 1330. The summed E-state index contributed by atoms with van der Waals surface area (Å²) >= 11 is 0. The highest BCUT2D eigenvalue weighted by Gasteiger charge is 2.48. The van der Waals surface area contributed by atoms with E-state index < -0.39 is 64.2 Å². The largest absolute Gasteiger partial charge is 0.416 e. The van der Waals surface area contributed by atoms with E-state index >= 15 is 0 Å². The molecule has 4 heterocycles. The van der Waals surface area contributed by atoms with Gasteiger partial charge in [0, 0.05) is 49.8 Å². The second kappa shape index (κ2) is 13.7. The van der Waals surface area contributed by atoms with Gasteiger partial charge in [0.25, 0.3) is 5.56 Å². The molecular formula is C29H53FN5O8PSi. The fourth-order valence-corrected chi connectivity index (χ4v) is 8.78. The zero-order chi connectivity index (χ0) is 33.5. The summed E-state index contributed by atoms with van der Waals surface area (Å²) in [5, 5.41) is 4.78. The number of alkyl halides is 1. The van der Waals surface area contributed by atoms with Crippen molar-refractivity contribution in [2.24, 2.45) is 0 Å². The lowest BCUT2D eigenvalue weighted by atomic mass is 9.95. The van der Waals surface area contributed by atoms with Crippen LogP contribution < -0.4 is 16.6 Å². The van der Waals surface area contributed by atoms with E-state index in [2.05, 4.69) is 58.0 Å². The zero-order valence-corrected chi connectivity index (χ0v) is 29.8. The molecule has 3 aliphatic rings. The third-order valence-electron chi connectivity index (χ3n) is 9.65. The van der Waals surface area contributed by atoms with E-state index in [4.69, 9.17) is 13.9 Å². The maximum atomic E-state index is 14.9. The molecule has 0 aromatic carbocycles. The van der Waals surface area contributed by atoms with E-state index in [9.17, 15) is 28.3 Å². The van der Waals surface area contributed by atoms with Gasteiger partial charge >= 0.3 is 13.4 Å². The van der Waals surface area contributed by atoms with Crippen molar-refractivity contribution < 1.29 is 32.6 Å². The van der Waals surface area contributed by atoms with E-state index in [-0.39, 0.29) is 42.6 Å². The molecule has 3 aliphatic heterocycles. The summed E-state index contributed by atoms with van der Waals surface area (Å²) in [6.07, 6.45) is 0.372. The van der Waals surface area contributed by atoms with Crippen molar-refractivity contribution in [2.45, 2.75) is 147 Å². The van der Waals surface area contributed by atoms with Crippen molar-refractivity contribution in [1.29, 1.82) is 0 Å². The maximum absolute atomic E-state index is 14.9. The fraction of sp³-hybridized carbons (Fsp3) is 0.862. The molecule has 1 aromatic heterocycles. The van der Waals surface area contributed by atoms with Crippen LogP contribution in [-0.2, 0) is 18.5 Å². The Balaban J connectivity index is 1.59. The molecule has 3 fully saturated rings. The number of aromatic nitrogens is 2. The lowest BCUT2D eigenvalue weighted by molar-refractivity contribution is -0.111. The van der Waals surface area contributed by atoms with Crippen molar-refractivity contribution in [2.75, 3.05) is 13.1 Å². The van der Waals surface area contributed by atoms with E-state index in [0.717, 1.165) is 11.2 Å². The molecule has 1 aromatic rings. The number of H-pyrrole nitrogens is 1. The van der Waals surface area contributed by atoms with Crippen LogP contribution in [0.3, 0.4) is 0 Å². The van der Waals surface area contributed by atoms with Crippen LogP contribution in [0.4, 0.5) is 4.39 Å². The summed E-state index contributed by atoms with van der Waals surface area (Å²) in [7, 11) is -7.16. The summed E-state index contributed by atoms with van der Waals surface area (Å²) in [6.45, 7) is 16.5. The second-order valence-corrected chi connectivity index (χ2v) is 21.3. The predicted octanol–water partition coefficient (Wildman–Crippen LogP) is 3.61. The van der Waals surface area contributed by atoms with Gasteiger partial charge in [0.15, 0.2) is 8.32 Å². The van der Waals surface area contributed by atoms with Crippen LogP contribution >= 0.6 is 7.75 Å². The van der Waals surface area contributed by atoms with Crippen LogP contribution in [0.25, 0.3) is 0 Å². The molecule has 258 valence electrons. The quantitative estimate of drug-likeness (QED) is 0.212. The molecule has 0 spiro atoms. The summed E-state index contributed by atoms with van der Waals surface area (Å²) in [6, 6.07) is 0.804. The van der Waals surface area contributed by atoms with E-state index in [0.29, 0.717) is 19.3 Å². The Morgan fingerprint density at radius 2 is 1.91 bits per heavy atom. The Morgan fingerprint density at radius 3 is 2.51 bits per heavy atom. The first-order valence-electron chi connectivity index (χ1n) is 16.0. The first-order chi connectivity index (χ1) is 20.6. The molecule has 4 unspecified atom stereocenters. The van der Waals surface area contributed by atoms with Crippen LogP contribution in [0.1, 0.15) is 86.3 Å². The van der Waals surface area contributed by atoms with E-state index in [1.165, 1.54) is 21.8 Å². The number of nitrogens with one attached hydrogen (secondary N) is 2. The van der Waals surface area contributed by atoms with Crippen LogP contribution in [0, 0.1) is 0 Å². The Kier molecular flexibility index (Phi) is 11.1. The molecule has 0 aliphatic carbocycles. The molecule has 4 rings (SSSR count). The monoisotopic (exact) mass is 677 g/mol. The number of rotatable bonds is 10. The molecule has 0 saturated carbocycles. The molecule has 0 bridgehead atoms. The standard InChI is InChI=1S/C29H53FN5O8PSi/c1-19-17-29(5,6)32-25(41-19)12-14-35(44(38,39)40)34-18-20(30)9-10-21(34)15-22-23(43-45(7,8)28(2,3)4)16-26(42-22)33-13-11-24(36)31-27(33)37/h11,13,19-23,25-26,32H,9-10,12,14-18H2,1-8H3,(H,31,36,37)(H2,38,39,40)/t19?,20?,21?,22-,23+,25?,26-/m1/s1. The van der Waals surface area contributed by atoms with Gasteiger partial charge in [-0.25, -0.2) is 18.8 Å². The van der Waals surface area contributed by atoms with Gasteiger partial charge in [-0.15, -0.1) is 4.78 Å². The Hall–Kier alpha value is -1.26. The summed E-state index contributed by atoms with van der Waals surface area (Å²) in [5.74, 6) is 0. The highest BCUT2D eigenvalue weighted by Crippen LogP contribution is 2.46. The number of aromatic amines is 1. The highest BCUT2D eigenvalue weighted by molar-refractivity contribution is 7.49. The van der Waals surface area contributed by atoms with Crippen molar-refractivity contribution in [1.82, 2.24) is 24.7 Å². The van der Waals surface area contributed by atoms with Crippen LogP contribution in [-0.4, -0.2) is 92.8 Å². The second-order valence-electron chi connectivity index (χ2n) is 15.1. The number of ether oxygens (including phenoxy) is 2. The number of hydrazine groups is 1. The zero-order valence-electron chi connectivity index (χ0n) is 27.9. The SMILES string of the molecule is CC1CC(C)(C)NC(CCN(N2CC(F)CCC2C[C@H]2O[C@@H](n3ccc(=O)[nH]c3=O)C[C@@H]2O[Si](C)(C)C(C)(C)C)P(=O)(O)O)O1. The third kappa shape index (κ3) is 9.21. The number of nitrogens with zero attached hydrogens (tertiary/aromatic N) is 3. The van der Waals surface area contributed by atoms with Gasteiger partial charge in [0.2, 0.25) is 0 Å². The minimum Gasteiger partial charge on any atom is -0.411 e. The minimum absolute atomic E-state index is 0.0204. The molecule has 0 amide bonds. The van der Waals surface area contributed by atoms with Gasteiger partial charge in [-0.05, 0) is 64.6 Å². The number of hydrogen-bond donors (Lipinski definition) is 4. The smallest absolute Gasteiger partial charge is 0.411 e. The van der Waals surface area contributed by atoms with Crippen molar-refractivity contribution in [3.63, 3.8) is 0 Å². The molecule has 13 nitrogen and oxygen atoms in total. The number of hydrogen-bond acceptors (Lipinski definition) is 8. The van der Waals surface area contributed by atoms with Crippen molar-refractivity contribution in [3.05, 3.63) is 33.1 Å². The average Bonchev–Trinajstić information content (AvgIpc) is 3.24. The third-order valence-corrected chi connectivity index (χ3v) is 15.2. The van der Waals surface area contributed by atoms with Gasteiger partial charge in [-0.3, -0.25) is 19.7 Å². The average molecular weight is 678 g/mol. The maximum Gasteiger partial charge on any atom is 0.416 e. The van der Waals surface area contributed by atoms with Crippen molar-refractivity contribution in [3.8, 4) is 0 Å². The van der Waals surface area contributed by atoms with E-state index in [1.54, 1.807) is 0 Å². The predicted molar refractivity (Wildman–Crippen MR) is 171 cm³/mol. The lowest BCUT2D eigenvalue weighted by Gasteiger charge is -2.46. The van der Waals surface area contributed by atoms with Gasteiger partial charge in [0.05, 0.1) is 18.3 Å². The van der Waals surface area contributed by atoms with Crippen LogP contribution in [0.15, 0.2) is 21.9 Å². The minimum atomic E-state index is -4.85. The topological polar surface area (TPSA) is 159 Å². The Labute approximate surface area is 266 Å². The first-order valence-corrected chi connectivity index (χ1v) is 20.4. The molecule has 3 saturated heterocycles. The Morgan fingerprint density at radius 1 is 1.22 bits per heavy atom. The van der Waals surface area contributed by atoms with Crippen molar-refractivity contribution >= 4 is 16.1 Å². The summed E-state index contributed by atoms with van der Waals surface area (Å²) < 4.78 is 49.5. The summed E-state index contributed by atoms with van der Waals surface area (Å²) in [4.78, 5) is 47.7. The molecule has 0 radical (unpaired) electrons. The van der Waals surface area contributed by atoms with Gasteiger partial charge in [-0.2, -0.15) is 0 Å². The molecule has 7 atom stereocenters. The van der Waals surface area contributed by atoms with E-state index in [1.807, 2.05) is 6.92 Å². The molecule has 4 N–H and O–H groups in total. The lowest BCUT2D eigenvalue weighted by Crippen LogP contribution is -2.57. The normalized spacial score (nSPS) is 31.9. The number of piperidine rings is 1. The van der Waals surface area contributed by atoms with Gasteiger partial charge in [-0.1, -0.05) is 20.8 Å². The van der Waals surface area contributed by atoms with Gasteiger partial charge in [0.1, 0.15) is 18.6 Å². The summed E-state index contributed by atoms with van der Waals surface area (Å²) in [5.41, 5.74) is -1.30. The molecule has 45 heavy (non-hydrogen) atoms. The van der Waals surface area contributed by atoms with Crippen LogP contribution in [0.2, 0.25) is 18.1 Å². The van der Waals surface area contributed by atoms with Gasteiger partial charge < -0.3 is 23.7 Å². The highest BCUT2D eigenvalue weighted by atomic mass is 31.2. The van der Waals surface area contributed by atoms with Crippen LogP contribution in [0.5, 0.6) is 0 Å². The number of halogens is 1. The fourth-order valence-electron chi connectivity index (χ4n) is 6.53. The molecule has 16 heteroatoms. The first kappa shape index (κ1) is 36.6. The molecular weight excluding hydrogens is 624 g/mol.